The lowest BCUT2D eigenvalue weighted by molar-refractivity contribution is -0.143. The monoisotopic (exact) mass is 472 g/mol. The Labute approximate surface area is 186 Å². The van der Waals surface area contributed by atoms with Crippen molar-refractivity contribution in [1.82, 2.24) is 10.6 Å². The highest BCUT2D eigenvalue weighted by molar-refractivity contribution is 5.73. The van der Waals surface area contributed by atoms with Crippen LogP contribution >= 0.6 is 0 Å². The third-order valence-electron chi connectivity index (χ3n) is 5.27. The molecule has 178 valence electrons. The maximum Gasteiger partial charge on any atom is 0.416 e. The predicted molar refractivity (Wildman–Crippen MR) is 109 cm³/mol. The fourth-order valence-electron chi connectivity index (χ4n) is 3.82. The number of rotatable bonds is 6. The molecule has 0 aliphatic carbocycles. The van der Waals surface area contributed by atoms with Crippen molar-refractivity contribution in [1.29, 1.82) is 0 Å². The van der Waals surface area contributed by atoms with Gasteiger partial charge in [0, 0.05) is 19.5 Å². The van der Waals surface area contributed by atoms with E-state index in [1.54, 1.807) is 6.08 Å². The Hall–Kier alpha value is -3.01. The minimum atomic E-state index is -4.92. The SMILES string of the molecule is CC(=O)N[C@@H]1CN[C@](/C=C/OCc2cc(C(F)(F)F)cc(C(F)(F)F)c2)(c2ccccc2)C1. The predicted octanol–water partition coefficient (Wildman–Crippen LogP) is 5.15. The number of nitrogens with one attached hydrogen (secondary N) is 2. The van der Waals surface area contributed by atoms with E-state index >= 15 is 0 Å². The van der Waals surface area contributed by atoms with E-state index in [1.807, 2.05) is 30.3 Å². The van der Waals surface area contributed by atoms with Crippen LogP contribution in [0.15, 0.2) is 60.9 Å². The molecule has 1 aliphatic heterocycles. The van der Waals surface area contributed by atoms with Gasteiger partial charge in [0.2, 0.25) is 5.91 Å². The Morgan fingerprint density at radius 3 is 2.24 bits per heavy atom. The normalized spacial score (nSPS) is 21.4. The Morgan fingerprint density at radius 1 is 1.09 bits per heavy atom. The van der Waals surface area contributed by atoms with Gasteiger partial charge in [0.1, 0.15) is 6.61 Å². The molecule has 2 atom stereocenters. The van der Waals surface area contributed by atoms with Gasteiger partial charge in [-0.2, -0.15) is 26.3 Å². The maximum atomic E-state index is 13.0. The molecule has 1 amide bonds. The van der Waals surface area contributed by atoms with E-state index < -0.39 is 35.6 Å². The minimum absolute atomic E-state index is 0.0777. The molecule has 0 aromatic heterocycles. The van der Waals surface area contributed by atoms with Crippen LogP contribution in [0, 0.1) is 0 Å². The van der Waals surface area contributed by atoms with Crippen molar-refractivity contribution in [2.24, 2.45) is 0 Å². The number of ether oxygens (including phenoxy) is 1. The van der Waals surface area contributed by atoms with E-state index in [0.717, 1.165) is 5.56 Å². The fraction of sp³-hybridized carbons (Fsp3) is 0.348. The zero-order valence-electron chi connectivity index (χ0n) is 17.6. The summed E-state index contributed by atoms with van der Waals surface area (Å²) in [7, 11) is 0. The molecule has 33 heavy (non-hydrogen) atoms. The quantitative estimate of drug-likeness (QED) is 0.452. The van der Waals surface area contributed by atoms with E-state index in [9.17, 15) is 31.1 Å². The lowest BCUT2D eigenvalue weighted by Gasteiger charge is -2.26. The molecule has 2 aromatic carbocycles. The molecule has 4 nitrogen and oxygen atoms in total. The van der Waals surface area contributed by atoms with Crippen LogP contribution in [0.1, 0.15) is 35.6 Å². The molecular formula is C23H22F6N2O2. The van der Waals surface area contributed by atoms with Crippen molar-refractivity contribution in [3.63, 3.8) is 0 Å². The summed E-state index contributed by atoms with van der Waals surface area (Å²) in [4.78, 5) is 11.4. The van der Waals surface area contributed by atoms with E-state index in [2.05, 4.69) is 10.6 Å². The highest BCUT2D eigenvalue weighted by Crippen LogP contribution is 2.37. The molecule has 0 saturated carbocycles. The van der Waals surface area contributed by atoms with Gasteiger partial charge in [-0.3, -0.25) is 4.79 Å². The summed E-state index contributed by atoms with van der Waals surface area (Å²) in [5.41, 5.74) is -2.89. The summed E-state index contributed by atoms with van der Waals surface area (Å²) in [5, 5.41) is 6.15. The van der Waals surface area contributed by atoms with Crippen molar-refractivity contribution < 1.29 is 35.9 Å². The van der Waals surface area contributed by atoms with Crippen molar-refractivity contribution in [3.8, 4) is 0 Å². The first kappa shape index (κ1) is 24.6. The highest BCUT2D eigenvalue weighted by atomic mass is 19.4. The molecular weight excluding hydrogens is 450 g/mol. The topological polar surface area (TPSA) is 50.4 Å². The largest absolute Gasteiger partial charge is 0.497 e. The van der Waals surface area contributed by atoms with Gasteiger partial charge in [0.25, 0.3) is 0 Å². The average Bonchev–Trinajstić information content (AvgIpc) is 3.14. The number of benzene rings is 2. The Morgan fingerprint density at radius 2 is 1.70 bits per heavy atom. The molecule has 0 unspecified atom stereocenters. The summed E-state index contributed by atoms with van der Waals surface area (Å²) in [6.45, 7) is 1.40. The lowest BCUT2D eigenvalue weighted by atomic mass is 9.87. The van der Waals surface area contributed by atoms with Crippen molar-refractivity contribution in [2.75, 3.05) is 6.54 Å². The number of hydrogen-bond donors (Lipinski definition) is 2. The van der Waals surface area contributed by atoms with Crippen molar-refractivity contribution in [2.45, 2.75) is 43.9 Å². The Kier molecular flexibility index (Phi) is 7.06. The number of carbonyl (C=O) groups excluding carboxylic acids is 1. The number of hydrogen-bond acceptors (Lipinski definition) is 3. The summed E-state index contributed by atoms with van der Waals surface area (Å²) in [6, 6.07) is 10.4. The molecule has 2 N–H and O–H groups in total. The molecule has 0 spiro atoms. The van der Waals surface area contributed by atoms with Crippen molar-refractivity contribution >= 4 is 5.91 Å². The molecule has 1 aliphatic rings. The molecule has 1 fully saturated rings. The van der Waals surface area contributed by atoms with Crippen LogP contribution in [0.2, 0.25) is 0 Å². The molecule has 0 radical (unpaired) electrons. The standard InChI is InChI=1S/C23H22F6N2O2/c1-15(32)31-20-12-21(30-13-20,17-5-3-2-4-6-17)7-8-33-14-16-9-18(22(24,25)26)11-19(10-16)23(27,28)29/h2-11,20,30H,12-14H2,1H3,(H,31,32)/b8-7+/t20-,21-/m0/s1. The summed E-state index contributed by atoms with van der Waals surface area (Å²) >= 11 is 0. The first-order valence-electron chi connectivity index (χ1n) is 10.0. The van der Waals surface area contributed by atoms with Crippen LogP contribution in [0.4, 0.5) is 26.3 Å². The van der Waals surface area contributed by atoms with E-state index in [0.29, 0.717) is 25.1 Å². The van der Waals surface area contributed by atoms with Gasteiger partial charge in [-0.15, -0.1) is 0 Å². The summed E-state index contributed by atoms with van der Waals surface area (Å²) in [5.74, 6) is -0.184. The number of alkyl halides is 6. The second kappa shape index (κ2) is 9.46. The van der Waals surface area contributed by atoms with Crippen LogP contribution in [0.3, 0.4) is 0 Å². The molecule has 10 heteroatoms. The minimum Gasteiger partial charge on any atom is -0.497 e. The van der Waals surface area contributed by atoms with Gasteiger partial charge in [0.15, 0.2) is 0 Å². The van der Waals surface area contributed by atoms with E-state index in [4.69, 9.17) is 4.74 Å². The van der Waals surface area contributed by atoms with Gasteiger partial charge in [0.05, 0.1) is 22.9 Å². The summed E-state index contributed by atoms with van der Waals surface area (Å²) in [6.07, 6.45) is -6.45. The first-order chi connectivity index (χ1) is 15.4. The molecule has 1 heterocycles. The van der Waals surface area contributed by atoms with Gasteiger partial charge in [-0.1, -0.05) is 30.3 Å². The Bertz CT molecular complexity index is 972. The first-order valence-corrected chi connectivity index (χ1v) is 10.0. The number of carbonyl (C=O) groups is 1. The van der Waals surface area contributed by atoms with Gasteiger partial charge in [-0.25, -0.2) is 0 Å². The van der Waals surface area contributed by atoms with E-state index in [1.165, 1.54) is 13.2 Å². The Balaban J connectivity index is 1.79. The molecule has 0 bridgehead atoms. The van der Waals surface area contributed by atoms with Crippen LogP contribution in [-0.4, -0.2) is 18.5 Å². The smallest absolute Gasteiger partial charge is 0.416 e. The fourth-order valence-corrected chi connectivity index (χ4v) is 3.82. The van der Waals surface area contributed by atoms with Crippen LogP contribution in [-0.2, 0) is 34.0 Å². The average molecular weight is 472 g/mol. The zero-order chi connectivity index (χ0) is 24.3. The lowest BCUT2D eigenvalue weighted by Crippen LogP contribution is -2.34. The third kappa shape index (κ3) is 6.28. The van der Waals surface area contributed by atoms with Gasteiger partial charge >= 0.3 is 12.4 Å². The number of halogens is 6. The maximum absolute atomic E-state index is 13.0. The second-order valence-electron chi connectivity index (χ2n) is 7.85. The van der Waals surface area contributed by atoms with Crippen LogP contribution in [0.5, 0.6) is 0 Å². The van der Waals surface area contributed by atoms with Crippen LogP contribution in [0.25, 0.3) is 0 Å². The van der Waals surface area contributed by atoms with Gasteiger partial charge in [-0.05, 0) is 41.8 Å². The number of amides is 1. The molecule has 2 aromatic rings. The summed E-state index contributed by atoms with van der Waals surface area (Å²) < 4.78 is 83.5. The molecule has 1 saturated heterocycles. The van der Waals surface area contributed by atoms with Gasteiger partial charge < -0.3 is 15.4 Å². The van der Waals surface area contributed by atoms with Crippen molar-refractivity contribution in [3.05, 3.63) is 83.1 Å². The highest BCUT2D eigenvalue weighted by Gasteiger charge is 2.39. The zero-order valence-corrected chi connectivity index (χ0v) is 17.6. The second-order valence-corrected chi connectivity index (χ2v) is 7.85. The van der Waals surface area contributed by atoms with E-state index in [-0.39, 0.29) is 23.6 Å². The van der Waals surface area contributed by atoms with Crippen LogP contribution < -0.4 is 10.6 Å². The molecule has 3 rings (SSSR count). The third-order valence-corrected chi connectivity index (χ3v) is 5.27.